The summed E-state index contributed by atoms with van der Waals surface area (Å²) in [6.07, 6.45) is 0. The molecule has 1 atom stereocenters. The number of benzene rings is 2. The summed E-state index contributed by atoms with van der Waals surface area (Å²) in [6, 6.07) is 15.7. The van der Waals surface area contributed by atoms with E-state index in [0.717, 1.165) is 10.0 Å². The fourth-order valence-corrected chi connectivity index (χ4v) is 2.13. The van der Waals surface area contributed by atoms with E-state index >= 15 is 0 Å². The summed E-state index contributed by atoms with van der Waals surface area (Å²) in [6.45, 7) is 1.57. The Morgan fingerprint density at radius 2 is 1.75 bits per heavy atom. The molecule has 0 aliphatic rings. The van der Waals surface area contributed by atoms with Crippen LogP contribution in [0.25, 0.3) is 0 Å². The third kappa shape index (κ3) is 6.04. The number of amides is 1. The largest absolute Gasteiger partial charge is 0.484 e. The molecule has 0 unspecified atom stereocenters. The van der Waals surface area contributed by atoms with Gasteiger partial charge in [-0.2, -0.15) is 0 Å². The maximum atomic E-state index is 11.9. The molecule has 2 aromatic rings. The van der Waals surface area contributed by atoms with E-state index in [1.165, 1.54) is 0 Å². The summed E-state index contributed by atoms with van der Waals surface area (Å²) < 4.78 is 11.5. The summed E-state index contributed by atoms with van der Waals surface area (Å²) in [5.74, 6) is -0.281. The molecule has 1 amide bonds. The van der Waals surface area contributed by atoms with Crippen LogP contribution in [0.1, 0.15) is 12.5 Å². The first-order chi connectivity index (χ1) is 11.5. The quantitative estimate of drug-likeness (QED) is 0.736. The highest BCUT2D eigenvalue weighted by Gasteiger charge is 2.17. The zero-order chi connectivity index (χ0) is 17.4. The van der Waals surface area contributed by atoms with Crippen molar-refractivity contribution < 1.29 is 19.1 Å². The van der Waals surface area contributed by atoms with Crippen LogP contribution in [-0.4, -0.2) is 24.5 Å². The Bertz CT molecular complexity index is 673. The molecule has 0 aromatic heterocycles. The molecule has 0 bridgehead atoms. The molecule has 1 N–H and O–H groups in total. The molecule has 0 radical (unpaired) electrons. The predicted octanol–water partition coefficient (Wildman–Crippen LogP) is 3.08. The van der Waals surface area contributed by atoms with Crippen LogP contribution in [-0.2, 0) is 20.9 Å². The van der Waals surface area contributed by atoms with Crippen LogP contribution in [0.4, 0.5) is 0 Å². The van der Waals surface area contributed by atoms with E-state index in [9.17, 15) is 9.59 Å². The van der Waals surface area contributed by atoms with Crippen molar-refractivity contribution >= 4 is 27.8 Å². The van der Waals surface area contributed by atoms with Crippen LogP contribution in [0.5, 0.6) is 5.75 Å². The van der Waals surface area contributed by atoms with Gasteiger partial charge in [0.2, 0.25) is 0 Å². The molecule has 0 aliphatic heterocycles. The molecule has 126 valence electrons. The number of ether oxygens (including phenoxy) is 2. The number of carbonyl (C=O) groups excluding carboxylic acids is 2. The minimum Gasteiger partial charge on any atom is -0.484 e. The summed E-state index contributed by atoms with van der Waals surface area (Å²) in [7, 11) is 0. The Morgan fingerprint density at radius 1 is 1.08 bits per heavy atom. The van der Waals surface area contributed by atoms with Crippen molar-refractivity contribution in [1.29, 1.82) is 0 Å². The summed E-state index contributed by atoms with van der Waals surface area (Å²) >= 11 is 3.34. The highest BCUT2D eigenvalue weighted by Crippen LogP contribution is 2.11. The molecule has 2 aromatic carbocycles. The van der Waals surface area contributed by atoms with E-state index in [2.05, 4.69) is 21.2 Å². The zero-order valence-corrected chi connectivity index (χ0v) is 14.8. The maximum absolute atomic E-state index is 11.9. The average molecular weight is 392 g/mol. The molecule has 5 nitrogen and oxygen atoms in total. The minimum absolute atomic E-state index is 0.158. The highest BCUT2D eigenvalue weighted by atomic mass is 79.9. The number of hydrogen-bond donors (Lipinski definition) is 1. The molecular weight excluding hydrogens is 374 g/mol. The van der Waals surface area contributed by atoms with Crippen molar-refractivity contribution in [3.63, 3.8) is 0 Å². The van der Waals surface area contributed by atoms with Gasteiger partial charge < -0.3 is 14.8 Å². The van der Waals surface area contributed by atoms with Gasteiger partial charge in [-0.25, -0.2) is 4.79 Å². The summed E-state index contributed by atoms with van der Waals surface area (Å²) in [5, 5.41) is 2.55. The van der Waals surface area contributed by atoms with Gasteiger partial charge in [-0.3, -0.25) is 4.79 Å². The van der Waals surface area contributed by atoms with Gasteiger partial charge >= 0.3 is 5.97 Å². The fraction of sp³-hybridized carbons (Fsp3) is 0.222. The number of nitrogens with one attached hydrogen (secondary N) is 1. The molecule has 0 fully saturated rings. The van der Waals surface area contributed by atoms with E-state index in [4.69, 9.17) is 9.47 Å². The summed E-state index contributed by atoms with van der Waals surface area (Å²) in [5.41, 5.74) is 0.873. The van der Waals surface area contributed by atoms with Gasteiger partial charge in [0.1, 0.15) is 18.4 Å². The number of carbonyl (C=O) groups is 2. The van der Waals surface area contributed by atoms with Crippen molar-refractivity contribution in [3.8, 4) is 5.75 Å². The Kier molecular flexibility index (Phi) is 6.81. The molecule has 0 spiro atoms. The van der Waals surface area contributed by atoms with E-state index in [-0.39, 0.29) is 19.1 Å². The van der Waals surface area contributed by atoms with Gasteiger partial charge in [-0.15, -0.1) is 0 Å². The van der Waals surface area contributed by atoms with Gasteiger partial charge in [-0.1, -0.05) is 46.3 Å². The Balaban J connectivity index is 1.72. The lowest BCUT2D eigenvalue weighted by molar-refractivity contribution is -0.148. The van der Waals surface area contributed by atoms with Crippen molar-refractivity contribution in [2.75, 3.05) is 6.61 Å². The summed E-state index contributed by atoms with van der Waals surface area (Å²) in [4.78, 5) is 23.7. The minimum atomic E-state index is -0.743. The third-order valence-corrected chi connectivity index (χ3v) is 3.67. The third-order valence-electron chi connectivity index (χ3n) is 3.14. The lowest BCUT2D eigenvalue weighted by Crippen LogP contribution is -2.41. The molecule has 0 aliphatic carbocycles. The molecule has 6 heteroatoms. The van der Waals surface area contributed by atoms with Crippen molar-refractivity contribution in [3.05, 3.63) is 64.6 Å². The second-order valence-corrected chi connectivity index (χ2v) is 6.04. The van der Waals surface area contributed by atoms with Gasteiger partial charge in [0.15, 0.2) is 6.61 Å². The van der Waals surface area contributed by atoms with Crippen LogP contribution in [0.2, 0.25) is 0 Å². The topological polar surface area (TPSA) is 64.6 Å². The van der Waals surface area contributed by atoms with Gasteiger partial charge in [0, 0.05) is 4.47 Å². The van der Waals surface area contributed by atoms with Crippen LogP contribution >= 0.6 is 15.9 Å². The number of hydrogen-bond acceptors (Lipinski definition) is 4. The van der Waals surface area contributed by atoms with Gasteiger partial charge in [-0.05, 0) is 36.8 Å². The number of rotatable bonds is 7. The standard InChI is InChI=1S/C18H18BrNO4/c1-13(18(22)24-11-14-7-9-15(19)10-8-14)20-17(21)12-23-16-5-3-2-4-6-16/h2-10,13H,11-12H2,1H3,(H,20,21)/t13-/m0/s1. The van der Waals surface area contributed by atoms with Crippen LogP contribution < -0.4 is 10.1 Å². The number of esters is 1. The average Bonchev–Trinajstić information content (AvgIpc) is 2.60. The Labute approximate surface area is 149 Å². The highest BCUT2D eigenvalue weighted by molar-refractivity contribution is 9.10. The zero-order valence-electron chi connectivity index (χ0n) is 13.2. The number of halogens is 1. The second-order valence-electron chi connectivity index (χ2n) is 5.13. The molecule has 0 saturated heterocycles. The fourth-order valence-electron chi connectivity index (χ4n) is 1.87. The Hall–Kier alpha value is -2.34. The second kappa shape index (κ2) is 9.08. The van der Waals surface area contributed by atoms with E-state index < -0.39 is 12.0 Å². The first kappa shape index (κ1) is 18.0. The monoisotopic (exact) mass is 391 g/mol. The molecule has 2 rings (SSSR count). The van der Waals surface area contributed by atoms with Gasteiger partial charge in [0.05, 0.1) is 0 Å². The molecular formula is C18H18BrNO4. The number of para-hydroxylation sites is 1. The van der Waals surface area contributed by atoms with Crippen molar-refractivity contribution in [2.24, 2.45) is 0 Å². The lowest BCUT2D eigenvalue weighted by Gasteiger charge is -2.14. The molecule has 0 saturated carbocycles. The van der Waals surface area contributed by atoms with E-state index in [1.54, 1.807) is 19.1 Å². The Morgan fingerprint density at radius 3 is 2.42 bits per heavy atom. The smallest absolute Gasteiger partial charge is 0.328 e. The van der Waals surface area contributed by atoms with Gasteiger partial charge in [0.25, 0.3) is 5.91 Å². The maximum Gasteiger partial charge on any atom is 0.328 e. The SMILES string of the molecule is C[C@H](NC(=O)COc1ccccc1)C(=O)OCc1ccc(Br)cc1. The van der Waals surface area contributed by atoms with Crippen molar-refractivity contribution in [2.45, 2.75) is 19.6 Å². The van der Waals surface area contributed by atoms with Crippen LogP contribution in [0, 0.1) is 0 Å². The first-order valence-corrected chi connectivity index (χ1v) is 8.22. The van der Waals surface area contributed by atoms with Crippen LogP contribution in [0.15, 0.2) is 59.1 Å². The lowest BCUT2D eigenvalue weighted by atomic mass is 10.2. The van der Waals surface area contributed by atoms with E-state index in [0.29, 0.717) is 5.75 Å². The van der Waals surface area contributed by atoms with E-state index in [1.807, 2.05) is 42.5 Å². The molecule has 24 heavy (non-hydrogen) atoms. The van der Waals surface area contributed by atoms with Crippen molar-refractivity contribution in [1.82, 2.24) is 5.32 Å². The molecule has 0 heterocycles. The van der Waals surface area contributed by atoms with Crippen LogP contribution in [0.3, 0.4) is 0 Å². The predicted molar refractivity (Wildman–Crippen MR) is 93.5 cm³/mol. The first-order valence-electron chi connectivity index (χ1n) is 7.43. The normalized spacial score (nSPS) is 11.4.